The SMILES string of the molecule is Cc1ccc(SCC(=O)O[C@@H](C)C(=O)Nc2ccccc2C#N)c(C)c1. The van der Waals surface area contributed by atoms with Crippen LogP contribution < -0.4 is 5.32 Å². The number of esters is 1. The predicted octanol–water partition coefficient (Wildman–Crippen LogP) is 3.84. The number of hydrogen-bond donors (Lipinski definition) is 1. The number of anilines is 1. The highest BCUT2D eigenvalue weighted by molar-refractivity contribution is 8.00. The topological polar surface area (TPSA) is 79.2 Å². The van der Waals surface area contributed by atoms with Crippen LogP contribution in [-0.2, 0) is 14.3 Å². The highest BCUT2D eigenvalue weighted by Crippen LogP contribution is 2.23. The summed E-state index contributed by atoms with van der Waals surface area (Å²) < 4.78 is 5.19. The Morgan fingerprint density at radius 1 is 1.23 bits per heavy atom. The summed E-state index contributed by atoms with van der Waals surface area (Å²) in [5.74, 6) is -0.820. The van der Waals surface area contributed by atoms with Gasteiger partial charge in [-0.05, 0) is 44.5 Å². The van der Waals surface area contributed by atoms with Crippen LogP contribution in [0, 0.1) is 25.2 Å². The van der Waals surface area contributed by atoms with Gasteiger partial charge in [0.1, 0.15) is 6.07 Å². The van der Waals surface area contributed by atoms with Crippen molar-refractivity contribution in [3.05, 3.63) is 59.2 Å². The molecule has 2 aromatic carbocycles. The second kappa shape index (κ2) is 9.07. The van der Waals surface area contributed by atoms with Crippen molar-refractivity contribution >= 4 is 29.3 Å². The van der Waals surface area contributed by atoms with Crippen molar-refractivity contribution in [2.24, 2.45) is 0 Å². The van der Waals surface area contributed by atoms with Gasteiger partial charge in [-0.2, -0.15) is 5.26 Å². The Morgan fingerprint density at radius 2 is 1.96 bits per heavy atom. The second-order valence-electron chi connectivity index (χ2n) is 5.84. The zero-order valence-electron chi connectivity index (χ0n) is 14.9. The predicted molar refractivity (Wildman–Crippen MR) is 102 cm³/mol. The maximum atomic E-state index is 12.2. The molecule has 0 fully saturated rings. The van der Waals surface area contributed by atoms with Crippen molar-refractivity contribution in [3.63, 3.8) is 0 Å². The summed E-state index contributed by atoms with van der Waals surface area (Å²) in [4.78, 5) is 25.2. The number of carbonyl (C=O) groups excluding carboxylic acids is 2. The van der Waals surface area contributed by atoms with Crippen molar-refractivity contribution in [1.29, 1.82) is 5.26 Å². The number of para-hydroxylation sites is 1. The molecule has 0 aliphatic rings. The van der Waals surface area contributed by atoms with Crippen LogP contribution in [-0.4, -0.2) is 23.7 Å². The molecule has 1 amide bonds. The lowest BCUT2D eigenvalue weighted by atomic mass is 10.2. The van der Waals surface area contributed by atoms with Gasteiger partial charge >= 0.3 is 5.97 Å². The number of benzene rings is 2. The molecule has 2 aromatic rings. The zero-order valence-corrected chi connectivity index (χ0v) is 15.7. The molecule has 2 rings (SSSR count). The molecule has 0 aliphatic heterocycles. The van der Waals surface area contributed by atoms with Crippen LogP contribution in [0.2, 0.25) is 0 Å². The van der Waals surface area contributed by atoms with Gasteiger partial charge in [0, 0.05) is 4.90 Å². The summed E-state index contributed by atoms with van der Waals surface area (Å²) in [6.45, 7) is 5.51. The minimum Gasteiger partial charge on any atom is -0.452 e. The Hall–Kier alpha value is -2.78. The highest BCUT2D eigenvalue weighted by atomic mass is 32.2. The van der Waals surface area contributed by atoms with Gasteiger partial charge in [0.25, 0.3) is 5.91 Å². The molecule has 5 nitrogen and oxygen atoms in total. The third-order valence-corrected chi connectivity index (χ3v) is 4.81. The zero-order chi connectivity index (χ0) is 19.1. The van der Waals surface area contributed by atoms with E-state index in [2.05, 4.69) is 11.4 Å². The summed E-state index contributed by atoms with van der Waals surface area (Å²) in [6, 6.07) is 14.7. The maximum Gasteiger partial charge on any atom is 0.317 e. The standard InChI is InChI=1S/C20H20N2O3S/c1-13-8-9-18(14(2)10-13)26-12-19(23)25-15(3)20(24)22-17-7-5-4-6-16(17)11-21/h4-10,15H,12H2,1-3H3,(H,22,24)/t15-/m0/s1. The molecular weight excluding hydrogens is 348 g/mol. The van der Waals surface area contributed by atoms with Gasteiger partial charge in [0.15, 0.2) is 6.10 Å². The van der Waals surface area contributed by atoms with E-state index in [0.29, 0.717) is 11.3 Å². The fraction of sp³-hybridized carbons (Fsp3) is 0.250. The van der Waals surface area contributed by atoms with Crippen molar-refractivity contribution < 1.29 is 14.3 Å². The first-order valence-corrected chi connectivity index (χ1v) is 9.09. The quantitative estimate of drug-likeness (QED) is 0.619. The molecule has 0 unspecified atom stereocenters. The average Bonchev–Trinajstić information content (AvgIpc) is 2.61. The Labute approximate surface area is 157 Å². The number of ether oxygens (including phenoxy) is 1. The lowest BCUT2D eigenvalue weighted by Gasteiger charge is -2.14. The first kappa shape index (κ1) is 19.5. The number of rotatable bonds is 6. The molecule has 134 valence electrons. The normalized spacial score (nSPS) is 11.3. The largest absolute Gasteiger partial charge is 0.452 e. The molecule has 0 radical (unpaired) electrons. The van der Waals surface area contributed by atoms with E-state index in [1.807, 2.05) is 32.0 Å². The van der Waals surface area contributed by atoms with E-state index in [9.17, 15) is 9.59 Å². The number of hydrogen-bond acceptors (Lipinski definition) is 5. The van der Waals surface area contributed by atoms with Crippen LogP contribution in [0.25, 0.3) is 0 Å². The molecule has 0 aliphatic carbocycles. The Kier molecular flexibility index (Phi) is 6.81. The van der Waals surface area contributed by atoms with Crippen molar-refractivity contribution in [1.82, 2.24) is 0 Å². The molecule has 0 aromatic heterocycles. The number of nitrogens with zero attached hydrogens (tertiary/aromatic N) is 1. The van der Waals surface area contributed by atoms with Crippen LogP contribution in [0.4, 0.5) is 5.69 Å². The monoisotopic (exact) mass is 368 g/mol. The van der Waals surface area contributed by atoms with E-state index in [0.717, 1.165) is 16.0 Å². The lowest BCUT2D eigenvalue weighted by molar-refractivity contribution is -0.150. The fourth-order valence-corrected chi connectivity index (χ4v) is 3.10. The minimum atomic E-state index is -0.950. The number of thioether (sulfide) groups is 1. The van der Waals surface area contributed by atoms with Crippen molar-refractivity contribution in [2.45, 2.75) is 31.8 Å². The van der Waals surface area contributed by atoms with Gasteiger partial charge in [-0.15, -0.1) is 11.8 Å². The van der Waals surface area contributed by atoms with Gasteiger partial charge in [-0.1, -0.05) is 29.8 Å². The maximum absolute atomic E-state index is 12.2. The van der Waals surface area contributed by atoms with Crippen LogP contribution in [0.5, 0.6) is 0 Å². The van der Waals surface area contributed by atoms with Crippen molar-refractivity contribution in [2.75, 3.05) is 11.1 Å². The number of carbonyl (C=O) groups is 2. The average molecular weight is 368 g/mol. The molecule has 0 saturated carbocycles. The molecule has 6 heteroatoms. The van der Waals surface area contributed by atoms with Gasteiger partial charge in [-0.25, -0.2) is 0 Å². The van der Waals surface area contributed by atoms with Gasteiger partial charge < -0.3 is 10.1 Å². The smallest absolute Gasteiger partial charge is 0.317 e. The van der Waals surface area contributed by atoms with Crippen molar-refractivity contribution in [3.8, 4) is 6.07 Å². The molecule has 0 spiro atoms. The van der Waals surface area contributed by atoms with E-state index in [4.69, 9.17) is 10.00 Å². The number of nitriles is 1. The molecule has 26 heavy (non-hydrogen) atoms. The third-order valence-electron chi connectivity index (χ3n) is 3.66. The number of aryl methyl sites for hydroxylation is 2. The fourth-order valence-electron chi connectivity index (χ4n) is 2.31. The third kappa shape index (κ3) is 5.36. The number of amides is 1. The molecule has 0 bridgehead atoms. The lowest BCUT2D eigenvalue weighted by Crippen LogP contribution is -2.30. The molecule has 1 atom stereocenters. The summed E-state index contributed by atoms with van der Waals surface area (Å²) in [7, 11) is 0. The van der Waals surface area contributed by atoms with Gasteiger partial charge in [0.05, 0.1) is 17.0 Å². The van der Waals surface area contributed by atoms with E-state index in [1.54, 1.807) is 24.3 Å². The van der Waals surface area contributed by atoms with Crippen LogP contribution in [0.1, 0.15) is 23.6 Å². The molecule has 0 saturated heterocycles. The second-order valence-corrected chi connectivity index (χ2v) is 6.85. The summed E-state index contributed by atoms with van der Waals surface area (Å²) in [5, 5.41) is 11.7. The number of nitrogens with one attached hydrogen (secondary N) is 1. The van der Waals surface area contributed by atoms with E-state index >= 15 is 0 Å². The van der Waals surface area contributed by atoms with Gasteiger partial charge in [-0.3, -0.25) is 9.59 Å². The van der Waals surface area contributed by atoms with E-state index < -0.39 is 18.0 Å². The van der Waals surface area contributed by atoms with Gasteiger partial charge in [0.2, 0.25) is 0 Å². The first-order chi connectivity index (χ1) is 12.4. The first-order valence-electron chi connectivity index (χ1n) is 8.10. The summed E-state index contributed by atoms with van der Waals surface area (Å²) in [5.41, 5.74) is 3.01. The van der Waals surface area contributed by atoms with Crippen LogP contribution >= 0.6 is 11.8 Å². The Bertz CT molecular complexity index is 858. The molecular formula is C20H20N2O3S. The van der Waals surface area contributed by atoms with E-state index in [-0.39, 0.29) is 5.75 Å². The Balaban J connectivity index is 1.88. The summed E-state index contributed by atoms with van der Waals surface area (Å²) >= 11 is 1.38. The highest BCUT2D eigenvalue weighted by Gasteiger charge is 2.19. The van der Waals surface area contributed by atoms with Crippen LogP contribution in [0.3, 0.4) is 0 Å². The molecule has 1 N–H and O–H groups in total. The molecule has 0 heterocycles. The minimum absolute atomic E-state index is 0.121. The Morgan fingerprint density at radius 3 is 2.65 bits per heavy atom. The van der Waals surface area contributed by atoms with Crippen LogP contribution in [0.15, 0.2) is 47.4 Å². The van der Waals surface area contributed by atoms with E-state index in [1.165, 1.54) is 18.7 Å². The summed E-state index contributed by atoms with van der Waals surface area (Å²) in [6.07, 6.45) is -0.950.